The first-order chi connectivity index (χ1) is 8.98. The first-order valence-electron chi connectivity index (χ1n) is 5.33. The van der Waals surface area contributed by atoms with Crippen molar-refractivity contribution < 1.29 is 25.3 Å². The Kier molecular flexibility index (Phi) is 4.93. The van der Waals surface area contributed by atoms with E-state index in [1.165, 1.54) is 0 Å². The van der Waals surface area contributed by atoms with E-state index in [0.717, 1.165) is 24.4 Å². The summed E-state index contributed by atoms with van der Waals surface area (Å²) in [4.78, 5) is 13.7. The average molecular weight is 270 g/mol. The number of aromatic hydroxyl groups is 1. The topological polar surface area (TPSA) is 136 Å². The number of nitrogens with zero attached hydrogens (tertiary/aromatic N) is 2. The molecule has 0 radical (unpaired) electrons. The molecule has 0 saturated heterocycles. The number of nitro groups is 1. The lowest BCUT2D eigenvalue weighted by Gasteiger charge is -2.21. The molecule has 1 aromatic carbocycles. The highest BCUT2D eigenvalue weighted by atomic mass is 16.6. The molecule has 0 atom stereocenters. The predicted octanol–water partition coefficient (Wildman–Crippen LogP) is -0.565. The predicted molar refractivity (Wildman–Crippen MR) is 66.3 cm³/mol. The zero-order chi connectivity index (χ0) is 14.5. The van der Waals surface area contributed by atoms with Gasteiger partial charge in [-0.05, 0) is 6.07 Å². The van der Waals surface area contributed by atoms with Crippen LogP contribution in [0.25, 0.3) is 0 Å². The van der Waals surface area contributed by atoms with Gasteiger partial charge >= 0.3 is 0 Å². The molecule has 104 valence electrons. The van der Waals surface area contributed by atoms with Gasteiger partial charge in [0.05, 0.1) is 24.7 Å². The van der Waals surface area contributed by atoms with Gasteiger partial charge in [0, 0.05) is 23.9 Å². The normalized spacial score (nSPS) is 11.9. The highest BCUT2D eigenvalue weighted by Gasteiger charge is 2.26. The zero-order valence-corrected chi connectivity index (χ0v) is 9.93. The third kappa shape index (κ3) is 3.47. The van der Waals surface area contributed by atoms with Gasteiger partial charge in [-0.3, -0.25) is 15.1 Å². The summed E-state index contributed by atoms with van der Waals surface area (Å²) in [6.07, 6.45) is 1.06. The molecule has 0 amide bonds. The number of hydrogen-bond acceptors (Lipinski definition) is 7. The summed E-state index contributed by atoms with van der Waals surface area (Å²) < 4.78 is 0. The molecule has 19 heavy (non-hydrogen) atoms. The fourth-order valence-corrected chi connectivity index (χ4v) is 1.24. The summed E-state index contributed by atoms with van der Waals surface area (Å²) in [5.41, 5.74) is -1.67. The molecule has 0 unspecified atom stereocenters. The fourth-order valence-electron chi connectivity index (χ4n) is 1.24. The molecule has 0 fully saturated rings. The van der Waals surface area contributed by atoms with Crippen LogP contribution in [0.4, 0.5) is 5.69 Å². The molecule has 1 aromatic rings. The van der Waals surface area contributed by atoms with Crippen LogP contribution in [0.5, 0.6) is 5.75 Å². The third-order valence-corrected chi connectivity index (χ3v) is 2.58. The maximum absolute atomic E-state index is 10.6. The molecule has 4 N–H and O–H groups in total. The van der Waals surface area contributed by atoms with E-state index in [4.69, 9.17) is 15.3 Å². The van der Waals surface area contributed by atoms with Gasteiger partial charge in [-0.25, -0.2) is 0 Å². The molecule has 0 aliphatic rings. The minimum absolute atomic E-state index is 0.0499. The number of phenolic OH excluding ortho intramolecular Hbond substituents is 1. The van der Waals surface area contributed by atoms with E-state index in [1.54, 1.807) is 0 Å². The van der Waals surface area contributed by atoms with Gasteiger partial charge in [0.15, 0.2) is 0 Å². The Morgan fingerprint density at radius 3 is 2.32 bits per heavy atom. The van der Waals surface area contributed by atoms with Gasteiger partial charge < -0.3 is 20.4 Å². The molecule has 0 heterocycles. The Hall–Kier alpha value is -2.03. The molecule has 1 rings (SSSR count). The quantitative estimate of drug-likeness (QED) is 0.310. The molecule has 0 aliphatic carbocycles. The van der Waals surface area contributed by atoms with Crippen molar-refractivity contribution in [2.24, 2.45) is 4.99 Å². The summed E-state index contributed by atoms with van der Waals surface area (Å²) >= 11 is 0. The van der Waals surface area contributed by atoms with E-state index in [1.807, 2.05) is 0 Å². The Labute approximate surface area is 108 Å². The second-order valence-corrected chi connectivity index (χ2v) is 3.96. The Morgan fingerprint density at radius 2 is 1.84 bits per heavy atom. The number of non-ortho nitro benzene ring substituents is 1. The maximum Gasteiger partial charge on any atom is 0.270 e. The van der Waals surface area contributed by atoms with Crippen LogP contribution >= 0.6 is 0 Å². The lowest BCUT2D eigenvalue weighted by atomic mass is 10.0. The minimum atomic E-state index is -1.49. The molecule has 0 bridgehead atoms. The molecule has 8 nitrogen and oxygen atoms in total. The number of phenols is 1. The van der Waals surface area contributed by atoms with Crippen molar-refractivity contribution in [2.45, 2.75) is 5.54 Å². The maximum atomic E-state index is 10.6. The van der Waals surface area contributed by atoms with Crippen molar-refractivity contribution in [3.05, 3.63) is 33.9 Å². The second-order valence-electron chi connectivity index (χ2n) is 3.96. The number of aliphatic imine (C=N–C) groups is 1. The number of rotatable bonds is 6. The molecular weight excluding hydrogens is 256 g/mol. The molecule has 0 saturated carbocycles. The zero-order valence-electron chi connectivity index (χ0n) is 9.93. The van der Waals surface area contributed by atoms with Crippen molar-refractivity contribution >= 4 is 11.9 Å². The van der Waals surface area contributed by atoms with Crippen molar-refractivity contribution in [1.82, 2.24) is 0 Å². The van der Waals surface area contributed by atoms with E-state index < -0.39 is 30.3 Å². The summed E-state index contributed by atoms with van der Waals surface area (Å²) in [7, 11) is 0. The van der Waals surface area contributed by atoms with Gasteiger partial charge in [0.2, 0.25) is 0 Å². The summed E-state index contributed by atoms with van der Waals surface area (Å²) in [5.74, 6) is -0.239. The van der Waals surface area contributed by atoms with E-state index in [-0.39, 0.29) is 17.0 Å². The Morgan fingerprint density at radius 1 is 1.26 bits per heavy atom. The van der Waals surface area contributed by atoms with E-state index in [0.29, 0.717) is 0 Å². The van der Waals surface area contributed by atoms with Crippen LogP contribution in [-0.4, -0.2) is 56.9 Å². The standard InChI is InChI=1S/C11H14N2O6/c14-5-11(6-15,7-16)12-4-8-3-9(13(18)19)1-2-10(8)17/h1-4,14-17H,5-7H2. The molecule has 0 spiro atoms. The van der Waals surface area contributed by atoms with Crippen molar-refractivity contribution in [2.75, 3.05) is 19.8 Å². The van der Waals surface area contributed by atoms with Gasteiger partial charge in [-0.1, -0.05) is 0 Å². The SMILES string of the molecule is O=[N+]([O-])c1ccc(O)c(C=NC(CO)(CO)CO)c1. The summed E-state index contributed by atoms with van der Waals surface area (Å²) in [5, 5.41) is 47.3. The van der Waals surface area contributed by atoms with Crippen LogP contribution in [0.1, 0.15) is 5.56 Å². The van der Waals surface area contributed by atoms with Crippen LogP contribution in [0.15, 0.2) is 23.2 Å². The van der Waals surface area contributed by atoms with Crippen molar-refractivity contribution in [3.8, 4) is 5.75 Å². The Bertz CT molecular complexity index is 476. The van der Waals surface area contributed by atoms with Crippen LogP contribution in [-0.2, 0) is 0 Å². The number of nitro benzene ring substituents is 1. The van der Waals surface area contributed by atoms with Crippen molar-refractivity contribution in [1.29, 1.82) is 0 Å². The van der Waals surface area contributed by atoms with Gasteiger partial charge in [0.25, 0.3) is 5.69 Å². The third-order valence-electron chi connectivity index (χ3n) is 2.58. The molecule has 8 heteroatoms. The second kappa shape index (κ2) is 6.23. The minimum Gasteiger partial charge on any atom is -0.507 e. The number of hydrogen-bond donors (Lipinski definition) is 4. The lowest BCUT2D eigenvalue weighted by Crippen LogP contribution is -2.39. The first kappa shape index (κ1) is 15.0. The highest BCUT2D eigenvalue weighted by molar-refractivity contribution is 5.84. The first-order valence-corrected chi connectivity index (χ1v) is 5.33. The van der Waals surface area contributed by atoms with E-state index >= 15 is 0 Å². The van der Waals surface area contributed by atoms with Crippen LogP contribution in [0.2, 0.25) is 0 Å². The Balaban J connectivity index is 3.10. The highest BCUT2D eigenvalue weighted by Crippen LogP contribution is 2.22. The molecule has 0 aromatic heterocycles. The number of benzene rings is 1. The average Bonchev–Trinajstić information content (AvgIpc) is 2.42. The van der Waals surface area contributed by atoms with Gasteiger partial charge in [-0.2, -0.15) is 0 Å². The fraction of sp³-hybridized carbons (Fsp3) is 0.364. The summed E-state index contributed by atoms with van der Waals surface area (Å²) in [6.45, 7) is -1.81. The summed E-state index contributed by atoms with van der Waals surface area (Å²) in [6, 6.07) is 3.36. The van der Waals surface area contributed by atoms with Crippen LogP contribution in [0, 0.1) is 10.1 Å². The van der Waals surface area contributed by atoms with Crippen molar-refractivity contribution in [3.63, 3.8) is 0 Å². The lowest BCUT2D eigenvalue weighted by molar-refractivity contribution is -0.384. The molecule has 0 aliphatic heterocycles. The van der Waals surface area contributed by atoms with Crippen LogP contribution < -0.4 is 0 Å². The monoisotopic (exact) mass is 270 g/mol. The van der Waals surface area contributed by atoms with E-state index in [9.17, 15) is 15.2 Å². The van der Waals surface area contributed by atoms with Gasteiger partial charge in [-0.15, -0.1) is 0 Å². The smallest absolute Gasteiger partial charge is 0.270 e. The largest absolute Gasteiger partial charge is 0.507 e. The van der Waals surface area contributed by atoms with E-state index in [2.05, 4.69) is 4.99 Å². The number of aliphatic hydroxyl groups is 3. The number of aliphatic hydroxyl groups excluding tert-OH is 3. The van der Waals surface area contributed by atoms with Gasteiger partial charge in [0.1, 0.15) is 11.3 Å². The van der Waals surface area contributed by atoms with Crippen LogP contribution in [0.3, 0.4) is 0 Å². The molecular formula is C11H14N2O6.